The van der Waals surface area contributed by atoms with Crippen molar-refractivity contribution in [2.24, 2.45) is 5.10 Å². The molecule has 2 aromatic rings. The van der Waals surface area contributed by atoms with Crippen molar-refractivity contribution in [1.82, 2.24) is 5.43 Å². The second kappa shape index (κ2) is 8.15. The van der Waals surface area contributed by atoms with E-state index in [0.717, 1.165) is 16.8 Å². The molecule has 1 atom stereocenters. The molecule has 0 heterocycles. The Hall–Kier alpha value is -2.82. The molecule has 0 bridgehead atoms. The highest BCUT2D eigenvalue weighted by Crippen LogP contribution is 2.14. The largest absolute Gasteiger partial charge is 0.481 e. The van der Waals surface area contributed by atoms with Gasteiger partial charge in [0, 0.05) is 19.8 Å². The third-order valence-corrected chi connectivity index (χ3v) is 3.47. The van der Waals surface area contributed by atoms with E-state index in [2.05, 4.69) is 10.5 Å². The summed E-state index contributed by atoms with van der Waals surface area (Å²) in [6.45, 7) is 3.67. The molecule has 0 spiro atoms. The third kappa shape index (κ3) is 5.12. The lowest BCUT2D eigenvalue weighted by Crippen LogP contribution is -2.33. The second-order valence-corrected chi connectivity index (χ2v) is 5.80. The number of rotatable bonds is 6. The maximum atomic E-state index is 12.0. The van der Waals surface area contributed by atoms with Crippen LogP contribution in [0.15, 0.2) is 53.6 Å². The molecule has 0 unspecified atom stereocenters. The van der Waals surface area contributed by atoms with Crippen LogP contribution in [-0.2, 0) is 4.79 Å². The predicted octanol–water partition coefficient (Wildman–Crippen LogP) is 2.98. The van der Waals surface area contributed by atoms with Crippen LogP contribution in [0.25, 0.3) is 0 Å². The minimum absolute atomic E-state index is 0.294. The van der Waals surface area contributed by atoms with Crippen LogP contribution in [0.3, 0.4) is 0 Å². The molecule has 2 rings (SSSR count). The van der Waals surface area contributed by atoms with Crippen LogP contribution < -0.4 is 15.1 Å². The Bertz CT molecular complexity index is 709. The van der Waals surface area contributed by atoms with Gasteiger partial charge in [-0.15, -0.1) is 0 Å². The lowest BCUT2D eigenvalue weighted by atomic mass is 10.2. The normalized spacial score (nSPS) is 12.0. The van der Waals surface area contributed by atoms with Gasteiger partial charge in [-0.25, -0.2) is 5.43 Å². The lowest BCUT2D eigenvalue weighted by molar-refractivity contribution is -0.127. The van der Waals surface area contributed by atoms with Gasteiger partial charge < -0.3 is 9.64 Å². The molecule has 126 valence electrons. The molecule has 0 aliphatic heterocycles. The molecule has 0 fully saturated rings. The molecule has 0 aliphatic carbocycles. The number of ether oxygens (including phenoxy) is 1. The molecule has 0 radical (unpaired) electrons. The van der Waals surface area contributed by atoms with Crippen LogP contribution >= 0.6 is 0 Å². The zero-order chi connectivity index (χ0) is 17.5. The number of benzene rings is 2. The number of aryl methyl sites for hydroxylation is 1. The average molecular weight is 325 g/mol. The lowest BCUT2D eigenvalue weighted by Gasteiger charge is -2.13. The van der Waals surface area contributed by atoms with E-state index < -0.39 is 6.10 Å². The fourth-order valence-electron chi connectivity index (χ4n) is 2.07. The van der Waals surface area contributed by atoms with E-state index in [4.69, 9.17) is 4.74 Å². The molecule has 2 aromatic carbocycles. The van der Waals surface area contributed by atoms with E-state index in [9.17, 15) is 4.79 Å². The smallest absolute Gasteiger partial charge is 0.280 e. The predicted molar refractivity (Wildman–Crippen MR) is 97.8 cm³/mol. The number of nitrogens with one attached hydrogen (secondary N) is 1. The van der Waals surface area contributed by atoms with Gasteiger partial charge in [0.25, 0.3) is 5.91 Å². The summed E-state index contributed by atoms with van der Waals surface area (Å²) in [5.41, 5.74) is 5.60. The zero-order valence-electron chi connectivity index (χ0n) is 14.5. The van der Waals surface area contributed by atoms with E-state index in [1.165, 1.54) is 0 Å². The van der Waals surface area contributed by atoms with Crippen LogP contribution in [0, 0.1) is 6.92 Å². The number of amides is 1. The highest BCUT2D eigenvalue weighted by molar-refractivity contribution is 5.84. The number of carbonyl (C=O) groups is 1. The Kier molecular flexibility index (Phi) is 5.95. The van der Waals surface area contributed by atoms with Gasteiger partial charge in [0.15, 0.2) is 6.10 Å². The maximum absolute atomic E-state index is 12.0. The van der Waals surface area contributed by atoms with Gasteiger partial charge in [0.2, 0.25) is 0 Å². The molecule has 0 aliphatic rings. The van der Waals surface area contributed by atoms with E-state index >= 15 is 0 Å². The summed E-state index contributed by atoms with van der Waals surface area (Å²) in [5, 5.41) is 3.98. The highest BCUT2D eigenvalue weighted by atomic mass is 16.5. The van der Waals surface area contributed by atoms with Crippen LogP contribution in [0.5, 0.6) is 5.75 Å². The number of hydrazone groups is 1. The Labute approximate surface area is 142 Å². The summed E-state index contributed by atoms with van der Waals surface area (Å²) in [6, 6.07) is 15.5. The summed E-state index contributed by atoms with van der Waals surface area (Å²) in [4.78, 5) is 14.0. The van der Waals surface area contributed by atoms with Crippen LogP contribution in [0.1, 0.15) is 18.1 Å². The number of carbonyl (C=O) groups excluding carboxylic acids is 1. The van der Waals surface area contributed by atoms with Crippen molar-refractivity contribution < 1.29 is 9.53 Å². The Morgan fingerprint density at radius 2 is 1.92 bits per heavy atom. The summed E-state index contributed by atoms with van der Waals surface area (Å²) < 4.78 is 5.61. The number of anilines is 1. The van der Waals surface area contributed by atoms with Crippen molar-refractivity contribution >= 4 is 17.8 Å². The van der Waals surface area contributed by atoms with E-state index in [0.29, 0.717) is 5.75 Å². The summed E-state index contributed by atoms with van der Waals surface area (Å²) >= 11 is 0. The highest BCUT2D eigenvalue weighted by Gasteiger charge is 2.13. The van der Waals surface area contributed by atoms with Crippen LogP contribution in [0.4, 0.5) is 5.69 Å². The first kappa shape index (κ1) is 17.5. The molecular weight excluding hydrogens is 302 g/mol. The van der Waals surface area contributed by atoms with Gasteiger partial charge in [-0.1, -0.05) is 24.3 Å². The first-order chi connectivity index (χ1) is 11.5. The van der Waals surface area contributed by atoms with E-state index in [-0.39, 0.29) is 5.91 Å². The number of hydrogen-bond acceptors (Lipinski definition) is 4. The standard InChI is InChI=1S/C19H23N3O2/c1-14-6-5-7-18(12-14)24-15(2)19(23)21-20-13-16-8-10-17(11-9-16)22(3)4/h5-13,15H,1-4H3,(H,21,23)/t15-/m1/s1. The van der Waals surface area contributed by atoms with Crippen LogP contribution in [0.2, 0.25) is 0 Å². The number of hydrogen-bond donors (Lipinski definition) is 1. The Morgan fingerprint density at radius 3 is 2.54 bits per heavy atom. The van der Waals surface area contributed by atoms with Crippen LogP contribution in [-0.4, -0.2) is 32.3 Å². The first-order valence-electron chi connectivity index (χ1n) is 7.79. The average Bonchev–Trinajstić information content (AvgIpc) is 2.55. The monoisotopic (exact) mass is 325 g/mol. The van der Waals surface area contributed by atoms with Gasteiger partial charge in [0.1, 0.15) is 5.75 Å². The topological polar surface area (TPSA) is 53.9 Å². The van der Waals surface area contributed by atoms with Crippen molar-refractivity contribution in [3.63, 3.8) is 0 Å². The molecule has 1 amide bonds. The van der Waals surface area contributed by atoms with Gasteiger partial charge >= 0.3 is 0 Å². The molecule has 5 heteroatoms. The van der Waals surface area contributed by atoms with Crippen molar-refractivity contribution in [1.29, 1.82) is 0 Å². The van der Waals surface area contributed by atoms with Gasteiger partial charge in [-0.05, 0) is 49.2 Å². The first-order valence-corrected chi connectivity index (χ1v) is 7.79. The fourth-order valence-corrected chi connectivity index (χ4v) is 2.07. The molecule has 1 N–H and O–H groups in total. The molecule has 5 nitrogen and oxygen atoms in total. The van der Waals surface area contributed by atoms with Gasteiger partial charge in [-0.2, -0.15) is 5.10 Å². The van der Waals surface area contributed by atoms with Crippen molar-refractivity contribution in [2.75, 3.05) is 19.0 Å². The van der Waals surface area contributed by atoms with Crippen molar-refractivity contribution in [3.05, 3.63) is 59.7 Å². The quantitative estimate of drug-likeness (QED) is 0.656. The molecular formula is C19H23N3O2. The maximum Gasteiger partial charge on any atom is 0.280 e. The van der Waals surface area contributed by atoms with Gasteiger partial charge in [0.05, 0.1) is 6.21 Å². The molecule has 24 heavy (non-hydrogen) atoms. The molecule has 0 saturated heterocycles. The van der Waals surface area contributed by atoms with Crippen molar-refractivity contribution in [2.45, 2.75) is 20.0 Å². The van der Waals surface area contributed by atoms with Crippen molar-refractivity contribution in [3.8, 4) is 5.75 Å². The van der Waals surface area contributed by atoms with E-state index in [1.807, 2.05) is 74.4 Å². The summed E-state index contributed by atoms with van der Waals surface area (Å²) in [7, 11) is 3.97. The third-order valence-electron chi connectivity index (χ3n) is 3.47. The molecule has 0 aromatic heterocycles. The summed E-state index contributed by atoms with van der Waals surface area (Å²) in [5.74, 6) is 0.374. The van der Waals surface area contributed by atoms with E-state index in [1.54, 1.807) is 13.1 Å². The fraction of sp³-hybridized carbons (Fsp3) is 0.263. The zero-order valence-corrected chi connectivity index (χ0v) is 14.5. The summed E-state index contributed by atoms with van der Waals surface area (Å²) in [6.07, 6.45) is 0.983. The Morgan fingerprint density at radius 1 is 1.21 bits per heavy atom. The molecule has 0 saturated carbocycles. The minimum Gasteiger partial charge on any atom is -0.481 e. The number of nitrogens with zero attached hydrogens (tertiary/aromatic N) is 2. The minimum atomic E-state index is -0.625. The second-order valence-electron chi connectivity index (χ2n) is 5.80. The SMILES string of the molecule is Cc1cccc(O[C@H](C)C(=O)NN=Cc2ccc(N(C)C)cc2)c1. The Balaban J connectivity index is 1.87. The van der Waals surface area contributed by atoms with Gasteiger partial charge in [-0.3, -0.25) is 4.79 Å².